The smallest absolute Gasteiger partial charge is 0.258 e. The molecule has 0 saturated heterocycles. The van der Waals surface area contributed by atoms with Crippen LogP contribution in [0.3, 0.4) is 0 Å². The van der Waals surface area contributed by atoms with E-state index in [4.69, 9.17) is 4.74 Å². The molecule has 1 aliphatic rings. The fraction of sp³-hybridized carbons (Fsp3) is 0.208. The Hall–Kier alpha value is -3.41. The first-order chi connectivity index (χ1) is 14.5. The minimum absolute atomic E-state index is 0.129. The minimum atomic E-state index is -0.369. The summed E-state index contributed by atoms with van der Waals surface area (Å²) in [5.41, 5.74) is 2.62. The van der Waals surface area contributed by atoms with Gasteiger partial charge in [-0.25, -0.2) is 8.78 Å². The number of carbonyl (C=O) groups is 1. The molecule has 6 heteroatoms. The minimum Gasteiger partial charge on any atom is -0.497 e. The number of hydrogen-bond acceptors (Lipinski definition) is 3. The van der Waals surface area contributed by atoms with Crippen LogP contribution in [0.25, 0.3) is 0 Å². The van der Waals surface area contributed by atoms with E-state index in [0.717, 1.165) is 5.69 Å². The van der Waals surface area contributed by atoms with Crippen LogP contribution in [0.15, 0.2) is 66.7 Å². The summed E-state index contributed by atoms with van der Waals surface area (Å²) in [6.45, 7) is 1.97. The average Bonchev–Trinajstić information content (AvgIpc) is 2.75. The lowest BCUT2D eigenvalue weighted by molar-refractivity contribution is 0.0974. The second kappa shape index (κ2) is 8.14. The van der Waals surface area contributed by atoms with Gasteiger partial charge in [0.1, 0.15) is 17.4 Å². The van der Waals surface area contributed by atoms with Crippen LogP contribution in [0.1, 0.15) is 35.3 Å². The Morgan fingerprint density at radius 2 is 1.67 bits per heavy atom. The van der Waals surface area contributed by atoms with Gasteiger partial charge in [0.2, 0.25) is 0 Å². The fourth-order valence-electron chi connectivity index (χ4n) is 3.90. The molecule has 1 amide bonds. The summed E-state index contributed by atoms with van der Waals surface area (Å²) in [4.78, 5) is 15.0. The van der Waals surface area contributed by atoms with Gasteiger partial charge in [0.15, 0.2) is 0 Å². The molecule has 0 radical (unpaired) electrons. The zero-order chi connectivity index (χ0) is 21.3. The van der Waals surface area contributed by atoms with Crippen LogP contribution in [0.4, 0.5) is 20.2 Å². The van der Waals surface area contributed by atoms with Crippen molar-refractivity contribution < 1.29 is 18.3 Å². The summed E-state index contributed by atoms with van der Waals surface area (Å²) in [5, 5.41) is 3.35. The lowest BCUT2D eigenvalue weighted by Gasteiger charge is -2.40. The molecule has 1 N–H and O–H groups in total. The van der Waals surface area contributed by atoms with Gasteiger partial charge in [-0.1, -0.05) is 0 Å². The highest BCUT2D eigenvalue weighted by molar-refractivity contribution is 6.07. The summed E-state index contributed by atoms with van der Waals surface area (Å²) < 4.78 is 32.5. The number of nitrogens with zero attached hydrogens (tertiary/aromatic N) is 1. The number of amides is 1. The van der Waals surface area contributed by atoms with Crippen LogP contribution in [-0.2, 0) is 0 Å². The van der Waals surface area contributed by atoms with Gasteiger partial charge in [-0.3, -0.25) is 4.79 Å². The molecule has 4 nitrogen and oxygen atoms in total. The van der Waals surface area contributed by atoms with E-state index in [1.54, 1.807) is 54.5 Å². The first kappa shape index (κ1) is 19.9. The van der Waals surface area contributed by atoms with Crippen LogP contribution in [-0.4, -0.2) is 19.1 Å². The first-order valence-electron chi connectivity index (χ1n) is 9.75. The van der Waals surface area contributed by atoms with Crippen molar-refractivity contribution in [1.29, 1.82) is 0 Å². The van der Waals surface area contributed by atoms with Crippen molar-refractivity contribution in [2.75, 3.05) is 17.3 Å². The molecule has 0 bridgehead atoms. The summed E-state index contributed by atoms with van der Waals surface area (Å²) in [5.74, 6) is -0.172. The topological polar surface area (TPSA) is 41.6 Å². The van der Waals surface area contributed by atoms with E-state index in [1.165, 1.54) is 24.3 Å². The molecule has 0 spiro atoms. The second-order valence-corrected chi connectivity index (χ2v) is 7.40. The Kier molecular flexibility index (Phi) is 5.40. The zero-order valence-corrected chi connectivity index (χ0v) is 16.7. The number of ether oxygens (including phenoxy) is 1. The maximum Gasteiger partial charge on any atom is 0.258 e. The molecule has 0 aliphatic carbocycles. The highest BCUT2D eigenvalue weighted by Crippen LogP contribution is 2.40. The molecule has 3 aromatic carbocycles. The predicted octanol–water partition coefficient (Wildman–Crippen LogP) is 5.57. The quantitative estimate of drug-likeness (QED) is 0.614. The number of rotatable bonds is 4. The van der Waals surface area contributed by atoms with E-state index in [1.807, 2.05) is 6.92 Å². The molecule has 0 aromatic heterocycles. The number of anilines is 2. The van der Waals surface area contributed by atoms with E-state index in [2.05, 4.69) is 5.32 Å². The number of hydrogen-bond donors (Lipinski definition) is 1. The van der Waals surface area contributed by atoms with E-state index in [0.29, 0.717) is 29.0 Å². The number of nitrogens with one attached hydrogen (secondary N) is 1. The Bertz CT molecular complexity index is 1050. The molecular weight excluding hydrogens is 386 g/mol. The van der Waals surface area contributed by atoms with Crippen molar-refractivity contribution >= 4 is 17.3 Å². The third-order valence-corrected chi connectivity index (χ3v) is 5.38. The molecule has 30 heavy (non-hydrogen) atoms. The van der Waals surface area contributed by atoms with Crippen LogP contribution < -0.4 is 15.0 Å². The zero-order valence-electron chi connectivity index (χ0n) is 16.7. The number of carbonyl (C=O) groups excluding carboxylic acids is 1. The van der Waals surface area contributed by atoms with E-state index < -0.39 is 0 Å². The van der Waals surface area contributed by atoms with Crippen LogP contribution in [0.5, 0.6) is 5.75 Å². The van der Waals surface area contributed by atoms with Crippen molar-refractivity contribution in [3.05, 3.63) is 89.5 Å². The SMILES string of the molecule is COc1ccc(C(=O)N2c3ccc(F)cc3C(Nc3ccc(F)cc3)CC2C)cc1. The van der Waals surface area contributed by atoms with Crippen LogP contribution >= 0.6 is 0 Å². The maximum atomic E-state index is 14.1. The molecule has 3 aromatic rings. The summed E-state index contributed by atoms with van der Waals surface area (Å²) in [6, 6.07) is 17.1. The third-order valence-electron chi connectivity index (χ3n) is 5.38. The van der Waals surface area contributed by atoms with Gasteiger partial charge >= 0.3 is 0 Å². The van der Waals surface area contributed by atoms with Crippen molar-refractivity contribution in [2.24, 2.45) is 0 Å². The molecule has 0 fully saturated rings. The number of methoxy groups -OCH3 is 1. The Balaban J connectivity index is 1.68. The van der Waals surface area contributed by atoms with E-state index in [-0.39, 0.29) is 29.6 Å². The summed E-state index contributed by atoms with van der Waals surface area (Å²) in [7, 11) is 1.57. The van der Waals surface area contributed by atoms with Crippen molar-refractivity contribution in [3.63, 3.8) is 0 Å². The Morgan fingerprint density at radius 3 is 2.33 bits per heavy atom. The molecule has 4 rings (SSSR count). The molecule has 2 atom stereocenters. The van der Waals surface area contributed by atoms with E-state index >= 15 is 0 Å². The standard InChI is InChI=1S/C24H22F2N2O2/c1-15-13-22(27-19-8-5-17(25)6-9-19)21-14-18(26)7-12-23(21)28(15)24(29)16-3-10-20(30-2)11-4-16/h3-12,14-15,22,27H,13H2,1-2H3. The third kappa shape index (κ3) is 3.85. The molecule has 1 heterocycles. The normalized spacial score (nSPS) is 17.9. The van der Waals surface area contributed by atoms with Gasteiger partial charge in [-0.2, -0.15) is 0 Å². The number of halogens is 2. The van der Waals surface area contributed by atoms with Gasteiger partial charge < -0.3 is 15.0 Å². The van der Waals surface area contributed by atoms with Gasteiger partial charge in [-0.05, 0) is 80.1 Å². The number of fused-ring (bicyclic) bond motifs is 1. The summed E-state index contributed by atoms with van der Waals surface area (Å²) >= 11 is 0. The van der Waals surface area contributed by atoms with Crippen LogP contribution in [0.2, 0.25) is 0 Å². The molecule has 1 aliphatic heterocycles. The molecule has 2 unspecified atom stereocenters. The van der Waals surface area contributed by atoms with Crippen molar-refractivity contribution in [1.82, 2.24) is 0 Å². The van der Waals surface area contributed by atoms with Crippen molar-refractivity contribution in [3.8, 4) is 5.75 Å². The van der Waals surface area contributed by atoms with E-state index in [9.17, 15) is 13.6 Å². The van der Waals surface area contributed by atoms with Crippen LogP contribution in [0, 0.1) is 11.6 Å². The van der Waals surface area contributed by atoms with Gasteiger partial charge in [-0.15, -0.1) is 0 Å². The first-order valence-corrected chi connectivity index (χ1v) is 9.75. The molecule has 154 valence electrons. The fourth-order valence-corrected chi connectivity index (χ4v) is 3.90. The predicted molar refractivity (Wildman–Crippen MR) is 113 cm³/mol. The second-order valence-electron chi connectivity index (χ2n) is 7.40. The van der Waals surface area contributed by atoms with Gasteiger partial charge in [0.05, 0.1) is 13.2 Å². The Labute approximate surface area is 174 Å². The lowest BCUT2D eigenvalue weighted by atomic mass is 9.90. The average molecular weight is 408 g/mol. The highest BCUT2D eigenvalue weighted by atomic mass is 19.1. The molecule has 0 saturated carbocycles. The monoisotopic (exact) mass is 408 g/mol. The maximum absolute atomic E-state index is 14.1. The largest absolute Gasteiger partial charge is 0.497 e. The van der Waals surface area contributed by atoms with Gasteiger partial charge in [0.25, 0.3) is 5.91 Å². The highest BCUT2D eigenvalue weighted by Gasteiger charge is 2.34. The summed E-state index contributed by atoms with van der Waals surface area (Å²) in [6.07, 6.45) is 0.579. The van der Waals surface area contributed by atoms with Gasteiger partial charge in [0, 0.05) is 28.5 Å². The lowest BCUT2D eigenvalue weighted by Crippen LogP contribution is -2.44. The van der Waals surface area contributed by atoms with Crippen molar-refractivity contribution in [2.45, 2.75) is 25.4 Å². The Morgan fingerprint density at radius 1 is 1.00 bits per heavy atom. The number of benzene rings is 3. The molecular formula is C24H22F2N2O2.